The molecule has 0 unspecified atom stereocenters. The highest BCUT2D eigenvalue weighted by Gasteiger charge is 2.39. The molecule has 1 aromatic rings. The van der Waals surface area contributed by atoms with Gasteiger partial charge in [0.2, 0.25) is 17.5 Å². The minimum Gasteiger partial charge on any atom is -0.426 e. The Morgan fingerprint density at radius 3 is 2.45 bits per heavy atom. The first kappa shape index (κ1) is 23.2. The van der Waals surface area contributed by atoms with Gasteiger partial charge in [-0.1, -0.05) is 26.7 Å². The van der Waals surface area contributed by atoms with E-state index in [1.165, 1.54) is 12.4 Å². The van der Waals surface area contributed by atoms with Crippen molar-refractivity contribution < 1.29 is 19.6 Å². The number of rotatable bonds is 11. The maximum absolute atomic E-state index is 13.0. The van der Waals surface area contributed by atoms with Crippen LogP contribution >= 0.6 is 0 Å². The fourth-order valence-corrected chi connectivity index (χ4v) is 3.96. The average Bonchev–Trinajstić information content (AvgIpc) is 3.50. The highest BCUT2D eigenvalue weighted by Crippen LogP contribution is 2.37. The summed E-state index contributed by atoms with van der Waals surface area (Å²) in [5.74, 6) is -0.500. The Morgan fingerprint density at radius 2 is 1.97 bits per heavy atom. The molecule has 0 bridgehead atoms. The molecule has 1 saturated carbocycles. The van der Waals surface area contributed by atoms with Crippen molar-refractivity contribution in [1.29, 1.82) is 0 Å². The number of ketones is 1. The molecule has 1 aliphatic carbocycles. The molecule has 1 aromatic heterocycles. The van der Waals surface area contributed by atoms with Gasteiger partial charge in [0.25, 0.3) is 0 Å². The van der Waals surface area contributed by atoms with Crippen LogP contribution in [0.25, 0.3) is 4.85 Å². The third-order valence-electron chi connectivity index (χ3n) is 5.95. The zero-order chi connectivity index (χ0) is 22.5. The van der Waals surface area contributed by atoms with Crippen molar-refractivity contribution in [3.05, 3.63) is 23.8 Å². The van der Waals surface area contributed by atoms with Crippen LogP contribution in [0.4, 0.5) is 11.6 Å². The summed E-state index contributed by atoms with van der Waals surface area (Å²) in [6, 6.07) is -0.372. The molecule has 10 heteroatoms. The molecule has 2 fully saturated rings. The summed E-state index contributed by atoms with van der Waals surface area (Å²) in [5.41, 5.74) is 0.343. The van der Waals surface area contributed by atoms with Gasteiger partial charge in [0.15, 0.2) is 5.78 Å². The molecule has 1 saturated heterocycles. The number of nitrogens with zero attached hydrogens (tertiary/aromatic N) is 4. The summed E-state index contributed by atoms with van der Waals surface area (Å²) >= 11 is 0. The van der Waals surface area contributed by atoms with Crippen LogP contribution in [-0.4, -0.2) is 57.4 Å². The summed E-state index contributed by atoms with van der Waals surface area (Å²) in [6.07, 6.45) is 6.87. The second kappa shape index (κ2) is 10.2. The van der Waals surface area contributed by atoms with Crippen molar-refractivity contribution in [1.82, 2.24) is 15.3 Å². The van der Waals surface area contributed by atoms with Gasteiger partial charge in [-0.3, -0.25) is 9.59 Å². The van der Waals surface area contributed by atoms with Gasteiger partial charge in [0, 0.05) is 31.3 Å². The predicted octanol–water partition coefficient (Wildman–Crippen LogP) is 1.52. The van der Waals surface area contributed by atoms with Crippen molar-refractivity contribution in [3.63, 3.8) is 0 Å². The zero-order valence-corrected chi connectivity index (χ0v) is 18.1. The maximum atomic E-state index is 13.0. The van der Waals surface area contributed by atoms with Crippen molar-refractivity contribution in [2.75, 3.05) is 11.4 Å². The van der Waals surface area contributed by atoms with Crippen LogP contribution in [0.15, 0.2) is 12.4 Å². The van der Waals surface area contributed by atoms with E-state index in [4.69, 9.17) is 6.57 Å². The van der Waals surface area contributed by atoms with Crippen LogP contribution in [0.3, 0.4) is 0 Å². The van der Waals surface area contributed by atoms with E-state index in [-0.39, 0.29) is 30.1 Å². The molecule has 166 valence electrons. The lowest BCUT2D eigenvalue weighted by atomic mass is 9.74. The zero-order valence-electron chi connectivity index (χ0n) is 18.1. The molecule has 2 heterocycles. The monoisotopic (exact) mass is 427 g/mol. The quantitative estimate of drug-likeness (QED) is 0.362. The average molecular weight is 427 g/mol. The van der Waals surface area contributed by atoms with Gasteiger partial charge in [-0.25, -0.2) is 14.8 Å². The molecule has 1 aliphatic heterocycles. The minimum atomic E-state index is -1.64. The third kappa shape index (κ3) is 6.25. The van der Waals surface area contributed by atoms with E-state index in [2.05, 4.69) is 20.1 Å². The Labute approximate surface area is 183 Å². The highest BCUT2D eigenvalue weighted by atomic mass is 16.4. The topological polar surface area (TPSA) is 120 Å². The number of hydrogen-bond acceptors (Lipinski definition) is 7. The van der Waals surface area contributed by atoms with E-state index in [1.54, 1.807) is 4.90 Å². The standard InChI is InChI=1S/C21H30BN5O4/c1-13(2)8-19(22(30)31)26-20(29)15(9-14-4-5-14)10-18(28)17-6-7-27(17)21-24-11-16(23-3)12-25-21/h11-15,17,19,30-31H,4-10H2,1-2H3,(H,26,29)/t15-,17+,19-/m1/s1. The predicted molar refractivity (Wildman–Crippen MR) is 116 cm³/mol. The van der Waals surface area contributed by atoms with Gasteiger partial charge in [-0.2, -0.15) is 0 Å². The largest absolute Gasteiger partial charge is 0.475 e. The van der Waals surface area contributed by atoms with E-state index < -0.39 is 19.0 Å². The van der Waals surface area contributed by atoms with Crippen LogP contribution in [0.5, 0.6) is 0 Å². The molecule has 3 rings (SSSR count). The van der Waals surface area contributed by atoms with Crippen LogP contribution in [0, 0.1) is 24.3 Å². The summed E-state index contributed by atoms with van der Waals surface area (Å²) in [7, 11) is -1.64. The summed E-state index contributed by atoms with van der Waals surface area (Å²) in [6.45, 7) is 11.5. The number of nitrogens with one attached hydrogen (secondary N) is 1. The molecule has 3 atom stereocenters. The van der Waals surface area contributed by atoms with Crippen LogP contribution in [0.2, 0.25) is 0 Å². The first-order valence-electron chi connectivity index (χ1n) is 10.9. The second-order valence-corrected chi connectivity index (χ2v) is 9.06. The third-order valence-corrected chi connectivity index (χ3v) is 5.95. The molecule has 0 aromatic carbocycles. The molecule has 2 aliphatic rings. The summed E-state index contributed by atoms with van der Waals surface area (Å²) in [5, 5.41) is 22.0. The van der Waals surface area contributed by atoms with Gasteiger partial charge in [-0.15, -0.1) is 0 Å². The van der Waals surface area contributed by atoms with E-state index in [0.29, 0.717) is 43.4 Å². The van der Waals surface area contributed by atoms with Crippen LogP contribution in [-0.2, 0) is 9.59 Å². The van der Waals surface area contributed by atoms with Gasteiger partial charge >= 0.3 is 7.12 Å². The lowest BCUT2D eigenvalue weighted by molar-refractivity contribution is -0.131. The molecule has 0 spiro atoms. The highest BCUT2D eigenvalue weighted by molar-refractivity contribution is 6.43. The Bertz CT molecular complexity index is 822. The number of amides is 1. The normalized spacial score (nSPS) is 19.9. The van der Waals surface area contributed by atoms with Crippen molar-refractivity contribution in [3.8, 4) is 0 Å². The number of carbonyl (C=O) groups is 2. The minimum absolute atomic E-state index is 0.0325. The van der Waals surface area contributed by atoms with E-state index in [1.807, 2.05) is 13.8 Å². The van der Waals surface area contributed by atoms with Crippen LogP contribution in [0.1, 0.15) is 52.4 Å². The van der Waals surface area contributed by atoms with Crippen molar-refractivity contribution in [2.24, 2.45) is 17.8 Å². The lowest BCUT2D eigenvalue weighted by Gasteiger charge is -2.40. The maximum Gasteiger partial charge on any atom is 0.475 e. The number of carbonyl (C=O) groups excluding carboxylic acids is 2. The van der Waals surface area contributed by atoms with Crippen molar-refractivity contribution >= 4 is 30.4 Å². The molecular weight excluding hydrogens is 397 g/mol. The smallest absolute Gasteiger partial charge is 0.426 e. The van der Waals surface area contributed by atoms with E-state index in [0.717, 1.165) is 12.8 Å². The first-order chi connectivity index (χ1) is 14.8. The van der Waals surface area contributed by atoms with Crippen LogP contribution < -0.4 is 10.2 Å². The molecule has 9 nitrogen and oxygen atoms in total. The molecule has 1 amide bonds. The van der Waals surface area contributed by atoms with E-state index in [9.17, 15) is 19.6 Å². The Balaban J connectivity index is 1.63. The molecule has 3 N–H and O–H groups in total. The molecule has 31 heavy (non-hydrogen) atoms. The summed E-state index contributed by atoms with van der Waals surface area (Å²) in [4.78, 5) is 39.4. The van der Waals surface area contributed by atoms with Gasteiger partial charge in [0.1, 0.15) is 0 Å². The summed E-state index contributed by atoms with van der Waals surface area (Å²) < 4.78 is 0. The van der Waals surface area contributed by atoms with Crippen molar-refractivity contribution in [2.45, 2.75) is 64.4 Å². The Hall–Kier alpha value is -2.51. The number of anilines is 1. The fraction of sp³-hybridized carbons (Fsp3) is 0.667. The molecule has 0 radical (unpaired) electrons. The lowest BCUT2D eigenvalue weighted by Crippen LogP contribution is -2.54. The second-order valence-electron chi connectivity index (χ2n) is 9.06. The van der Waals surface area contributed by atoms with Gasteiger partial charge in [-0.05, 0) is 31.1 Å². The number of aromatic nitrogens is 2. The Morgan fingerprint density at radius 1 is 1.29 bits per heavy atom. The van der Waals surface area contributed by atoms with Gasteiger partial charge in [0.05, 0.1) is 18.6 Å². The molecular formula is C21H30BN5O4. The number of Topliss-reactive ketones (excluding diaryl/α,β-unsaturated/α-hetero) is 1. The SMILES string of the molecule is [C-]#[N+]c1cnc(N2CC[C@H]2C(=O)C[C@@H](CC2CC2)C(=O)N[C@H](CC(C)C)B(O)O)nc1. The van der Waals surface area contributed by atoms with Gasteiger partial charge < -0.3 is 20.3 Å². The number of hydrogen-bond donors (Lipinski definition) is 3. The Kier molecular flexibility index (Phi) is 7.62. The fourth-order valence-electron chi connectivity index (χ4n) is 3.96. The first-order valence-corrected chi connectivity index (χ1v) is 10.9. The van der Waals surface area contributed by atoms with E-state index >= 15 is 0 Å².